The van der Waals surface area contributed by atoms with Gasteiger partial charge in [0.15, 0.2) is 5.78 Å². The predicted octanol–water partition coefficient (Wildman–Crippen LogP) is 5.66. The van der Waals surface area contributed by atoms with Crippen molar-refractivity contribution in [3.63, 3.8) is 0 Å². The van der Waals surface area contributed by atoms with Crippen LogP contribution in [0.5, 0.6) is 0 Å². The molecular weight excluding hydrogens is 323 g/mol. The average molecular weight is 354 g/mol. The Morgan fingerprint density at radius 1 is 0.917 bits per heavy atom. The summed E-state index contributed by atoms with van der Waals surface area (Å²) in [5, 5.41) is 0. The third-order valence-electron chi connectivity index (χ3n) is 3.65. The molecule has 0 aliphatic heterocycles. The molecule has 0 bridgehead atoms. The van der Waals surface area contributed by atoms with Gasteiger partial charge in [0, 0.05) is 17.0 Å². The predicted molar refractivity (Wildman–Crippen MR) is 99.0 cm³/mol. The molecule has 0 aromatic carbocycles. The first-order valence-electron chi connectivity index (χ1n) is 8.44. The molecule has 0 N–H and O–H groups in total. The van der Waals surface area contributed by atoms with Crippen LogP contribution in [0.4, 0.5) is 0 Å². The molecule has 0 heterocycles. The van der Waals surface area contributed by atoms with Gasteiger partial charge in [-0.1, -0.05) is 41.5 Å². The highest BCUT2D eigenvalue weighted by molar-refractivity contribution is 7.57. The van der Waals surface area contributed by atoms with Crippen molar-refractivity contribution in [2.45, 2.75) is 55.4 Å². The number of rotatable bonds is 5. The van der Waals surface area contributed by atoms with Crippen molar-refractivity contribution in [2.24, 2.45) is 10.8 Å². The van der Waals surface area contributed by atoms with E-state index >= 15 is 0 Å². The van der Waals surface area contributed by atoms with Gasteiger partial charge in [-0.25, -0.2) is 0 Å². The second kappa shape index (κ2) is 7.51. The van der Waals surface area contributed by atoms with Crippen molar-refractivity contribution in [1.82, 2.24) is 0 Å². The monoisotopic (exact) mass is 354 g/mol. The Labute approximate surface area is 146 Å². The maximum Gasteiger partial charge on any atom is 0.354 e. The molecule has 1 aliphatic carbocycles. The van der Waals surface area contributed by atoms with E-state index in [0.717, 1.165) is 0 Å². The summed E-state index contributed by atoms with van der Waals surface area (Å²) in [6.45, 7) is 16.2. The van der Waals surface area contributed by atoms with Crippen LogP contribution in [-0.2, 0) is 18.4 Å². The highest BCUT2D eigenvalue weighted by Gasteiger charge is 2.34. The number of ketones is 1. The summed E-state index contributed by atoms with van der Waals surface area (Å²) >= 11 is 0. The van der Waals surface area contributed by atoms with E-state index in [9.17, 15) is 9.36 Å². The number of hydrogen-bond acceptors (Lipinski definition) is 4. The minimum Gasteiger partial charge on any atom is -0.306 e. The van der Waals surface area contributed by atoms with Crippen LogP contribution in [0.15, 0.2) is 34.7 Å². The largest absolute Gasteiger partial charge is 0.354 e. The molecular formula is C19H31O4P. The average Bonchev–Trinajstić information content (AvgIpc) is 2.38. The van der Waals surface area contributed by atoms with Gasteiger partial charge in [-0.05, 0) is 42.4 Å². The van der Waals surface area contributed by atoms with Crippen LogP contribution in [0.1, 0.15) is 55.4 Å². The second-order valence-corrected chi connectivity index (χ2v) is 9.80. The van der Waals surface area contributed by atoms with Crippen molar-refractivity contribution in [1.29, 1.82) is 0 Å². The number of allylic oxidation sites excluding steroid dienone is 5. The van der Waals surface area contributed by atoms with E-state index < -0.39 is 7.60 Å². The third kappa shape index (κ3) is 5.27. The Kier molecular flexibility index (Phi) is 6.60. The quantitative estimate of drug-likeness (QED) is 0.597. The van der Waals surface area contributed by atoms with Crippen LogP contribution < -0.4 is 0 Å². The Morgan fingerprint density at radius 2 is 1.29 bits per heavy atom. The van der Waals surface area contributed by atoms with Gasteiger partial charge in [0.2, 0.25) is 0 Å². The lowest BCUT2D eigenvalue weighted by atomic mass is 9.72. The molecule has 0 aromatic heterocycles. The summed E-state index contributed by atoms with van der Waals surface area (Å²) in [5.74, 6) is 1.58. The smallest absolute Gasteiger partial charge is 0.306 e. The number of Topliss-reactive ketones (excluding diaryl/α,β-unsaturated/α-hetero) is 1. The van der Waals surface area contributed by atoms with Crippen molar-refractivity contribution >= 4 is 13.4 Å². The van der Waals surface area contributed by atoms with E-state index in [2.05, 4.69) is 0 Å². The summed E-state index contributed by atoms with van der Waals surface area (Å²) < 4.78 is 23.5. The molecule has 0 saturated carbocycles. The number of carbonyl (C=O) groups excluding carboxylic acids is 1. The Balaban J connectivity index is 3.50. The molecule has 1 aliphatic rings. The molecule has 0 amide bonds. The van der Waals surface area contributed by atoms with Crippen LogP contribution in [0.3, 0.4) is 0 Å². The van der Waals surface area contributed by atoms with Gasteiger partial charge in [-0.2, -0.15) is 0 Å². The topological polar surface area (TPSA) is 52.6 Å². The van der Waals surface area contributed by atoms with E-state index in [-0.39, 0.29) is 16.6 Å². The summed E-state index contributed by atoms with van der Waals surface area (Å²) in [6, 6.07) is 0. The molecule has 4 nitrogen and oxygen atoms in total. The SMILES string of the molecule is CCOP(=O)(C=C1C=C(C(C)(C)C)C(=O)C(C(C)(C)C)=C1)OCC. The summed E-state index contributed by atoms with van der Waals surface area (Å²) in [7, 11) is -3.33. The Morgan fingerprint density at radius 3 is 1.58 bits per heavy atom. The maximum atomic E-state index is 12.9. The lowest BCUT2D eigenvalue weighted by molar-refractivity contribution is -0.114. The summed E-state index contributed by atoms with van der Waals surface area (Å²) in [6.07, 6.45) is 3.62. The first-order valence-corrected chi connectivity index (χ1v) is 10.1. The van der Waals surface area contributed by atoms with Crippen LogP contribution in [-0.4, -0.2) is 19.0 Å². The van der Waals surface area contributed by atoms with E-state index in [1.165, 1.54) is 5.82 Å². The van der Waals surface area contributed by atoms with Gasteiger partial charge in [-0.15, -0.1) is 0 Å². The van der Waals surface area contributed by atoms with Crippen molar-refractivity contribution < 1.29 is 18.4 Å². The van der Waals surface area contributed by atoms with Gasteiger partial charge in [-0.3, -0.25) is 9.36 Å². The summed E-state index contributed by atoms with van der Waals surface area (Å²) in [4.78, 5) is 12.9. The number of carbonyl (C=O) groups is 1. The van der Waals surface area contributed by atoms with Crippen molar-refractivity contribution in [3.05, 3.63) is 34.7 Å². The molecule has 1 rings (SSSR count). The van der Waals surface area contributed by atoms with Crippen LogP contribution >= 0.6 is 7.60 Å². The Bertz CT molecular complexity index is 579. The van der Waals surface area contributed by atoms with Gasteiger partial charge >= 0.3 is 7.60 Å². The van der Waals surface area contributed by atoms with E-state index in [0.29, 0.717) is 29.9 Å². The first kappa shape index (κ1) is 21.1. The fraction of sp³-hybridized carbons (Fsp3) is 0.632. The van der Waals surface area contributed by atoms with Crippen molar-refractivity contribution in [3.8, 4) is 0 Å². The van der Waals surface area contributed by atoms with Crippen LogP contribution in [0.25, 0.3) is 0 Å². The molecule has 5 heteroatoms. The maximum absolute atomic E-state index is 12.9. The molecule has 0 aromatic rings. The lowest BCUT2D eigenvalue weighted by Gasteiger charge is -2.31. The first-order chi connectivity index (χ1) is 10.8. The summed E-state index contributed by atoms with van der Waals surface area (Å²) in [5.41, 5.74) is 1.51. The van der Waals surface area contributed by atoms with Gasteiger partial charge in [0.05, 0.1) is 13.2 Å². The molecule has 0 saturated heterocycles. The van der Waals surface area contributed by atoms with E-state index in [1.54, 1.807) is 13.8 Å². The number of hydrogen-bond donors (Lipinski definition) is 0. The normalized spacial score (nSPS) is 16.8. The van der Waals surface area contributed by atoms with Crippen molar-refractivity contribution in [2.75, 3.05) is 13.2 Å². The van der Waals surface area contributed by atoms with Crippen LogP contribution in [0, 0.1) is 10.8 Å². The molecule has 136 valence electrons. The molecule has 0 unspecified atom stereocenters. The minimum atomic E-state index is -3.33. The highest BCUT2D eigenvalue weighted by Crippen LogP contribution is 2.52. The van der Waals surface area contributed by atoms with Gasteiger partial charge in [0.25, 0.3) is 0 Å². The van der Waals surface area contributed by atoms with Gasteiger partial charge in [0.1, 0.15) is 0 Å². The van der Waals surface area contributed by atoms with E-state index in [4.69, 9.17) is 9.05 Å². The zero-order chi connectivity index (χ0) is 18.8. The fourth-order valence-corrected chi connectivity index (χ4v) is 3.95. The zero-order valence-electron chi connectivity index (χ0n) is 16.2. The molecule has 0 atom stereocenters. The minimum absolute atomic E-state index is 0.0507. The third-order valence-corrected chi connectivity index (χ3v) is 5.50. The standard InChI is InChI=1S/C19H31O4P/c1-9-22-24(21,23-10-2)13-14-11-15(18(3,4)5)17(20)16(12-14)19(6,7)8/h11-13H,9-10H2,1-8H3. The Hall–Kier alpha value is -0.960. The van der Waals surface area contributed by atoms with Gasteiger partial charge < -0.3 is 9.05 Å². The molecule has 0 spiro atoms. The molecule has 24 heavy (non-hydrogen) atoms. The highest BCUT2D eigenvalue weighted by atomic mass is 31.2. The molecule has 0 radical (unpaired) electrons. The van der Waals surface area contributed by atoms with E-state index in [1.807, 2.05) is 53.7 Å². The van der Waals surface area contributed by atoms with Crippen LogP contribution in [0.2, 0.25) is 0 Å². The fourth-order valence-electron chi connectivity index (χ4n) is 2.49. The zero-order valence-corrected chi connectivity index (χ0v) is 17.1. The molecule has 0 fully saturated rings. The second-order valence-electron chi connectivity index (χ2n) is 7.95. The lowest BCUT2D eigenvalue weighted by Crippen LogP contribution is -2.27.